The van der Waals surface area contributed by atoms with Gasteiger partial charge in [-0.2, -0.15) is 0 Å². The van der Waals surface area contributed by atoms with E-state index in [9.17, 15) is 9.59 Å². The number of nitrogens with zero attached hydrogens (tertiary/aromatic N) is 1. The highest BCUT2D eigenvalue weighted by atomic mass is 35.5. The van der Waals surface area contributed by atoms with Gasteiger partial charge < -0.3 is 10.0 Å². The van der Waals surface area contributed by atoms with Gasteiger partial charge in [-0.25, -0.2) is 4.79 Å². The molecule has 1 aliphatic heterocycles. The molecule has 0 saturated carbocycles. The van der Waals surface area contributed by atoms with E-state index >= 15 is 0 Å². The first-order valence-electron chi connectivity index (χ1n) is 5.22. The summed E-state index contributed by atoms with van der Waals surface area (Å²) >= 11 is 5.83. The van der Waals surface area contributed by atoms with E-state index in [0.29, 0.717) is 13.0 Å². The zero-order valence-electron chi connectivity index (χ0n) is 8.78. The summed E-state index contributed by atoms with van der Waals surface area (Å²) in [4.78, 5) is 23.9. The fourth-order valence-electron chi connectivity index (χ4n) is 1.80. The van der Waals surface area contributed by atoms with Gasteiger partial charge in [0.2, 0.25) is 5.91 Å². The Labute approximate surface area is 94.2 Å². The lowest BCUT2D eigenvalue weighted by Gasteiger charge is -2.24. The Balaban J connectivity index is 2.63. The Bertz CT molecular complexity index is 257. The van der Waals surface area contributed by atoms with Gasteiger partial charge in [0.05, 0.1) is 5.38 Å². The van der Waals surface area contributed by atoms with E-state index in [1.54, 1.807) is 0 Å². The maximum absolute atomic E-state index is 11.5. The number of carbonyl (C=O) groups excluding carboxylic acids is 1. The van der Waals surface area contributed by atoms with Gasteiger partial charge in [0.15, 0.2) is 0 Å². The SMILES string of the molecule is CCCC[C@@H](C(=O)O)N1CC(Cl)CC1=O. The zero-order valence-corrected chi connectivity index (χ0v) is 9.54. The largest absolute Gasteiger partial charge is 0.480 e. The van der Waals surface area contributed by atoms with Crippen molar-refractivity contribution in [2.75, 3.05) is 6.54 Å². The van der Waals surface area contributed by atoms with Crippen molar-refractivity contribution in [1.82, 2.24) is 4.90 Å². The number of halogens is 1. The minimum Gasteiger partial charge on any atom is -0.480 e. The molecule has 1 saturated heterocycles. The van der Waals surface area contributed by atoms with Gasteiger partial charge in [0.1, 0.15) is 6.04 Å². The van der Waals surface area contributed by atoms with Crippen LogP contribution < -0.4 is 0 Å². The van der Waals surface area contributed by atoms with Gasteiger partial charge in [0, 0.05) is 13.0 Å². The van der Waals surface area contributed by atoms with E-state index in [1.807, 2.05) is 6.92 Å². The van der Waals surface area contributed by atoms with Crippen molar-refractivity contribution in [2.45, 2.75) is 44.0 Å². The minimum atomic E-state index is -0.928. The molecule has 0 radical (unpaired) electrons. The van der Waals surface area contributed by atoms with Crippen LogP contribution in [-0.2, 0) is 9.59 Å². The summed E-state index contributed by atoms with van der Waals surface area (Å²) in [5, 5.41) is 8.79. The minimum absolute atomic E-state index is 0.140. The Kier molecular flexibility index (Phi) is 4.39. The van der Waals surface area contributed by atoms with Gasteiger partial charge >= 0.3 is 5.97 Å². The number of carboxylic acid groups (broad SMARTS) is 1. The molecule has 0 aromatic rings. The number of likely N-dealkylation sites (tertiary alicyclic amines) is 1. The average molecular weight is 234 g/mol. The standard InChI is InChI=1S/C10H16ClNO3/c1-2-3-4-8(10(14)15)12-6-7(11)5-9(12)13/h7-8H,2-6H2,1H3,(H,14,15)/t7?,8-/m0/s1. The van der Waals surface area contributed by atoms with Crippen LogP contribution in [0.5, 0.6) is 0 Å². The van der Waals surface area contributed by atoms with Crippen molar-refractivity contribution in [3.05, 3.63) is 0 Å². The quantitative estimate of drug-likeness (QED) is 0.732. The second-order valence-electron chi connectivity index (χ2n) is 3.84. The average Bonchev–Trinajstić information content (AvgIpc) is 2.46. The van der Waals surface area contributed by atoms with Crippen LogP contribution in [0.15, 0.2) is 0 Å². The van der Waals surface area contributed by atoms with Crippen LogP contribution >= 0.6 is 11.6 Å². The van der Waals surface area contributed by atoms with Crippen LogP contribution in [0, 0.1) is 0 Å². The second-order valence-corrected chi connectivity index (χ2v) is 4.46. The molecule has 1 unspecified atom stereocenters. The van der Waals surface area contributed by atoms with Gasteiger partial charge in [0.25, 0.3) is 0 Å². The summed E-state index contributed by atoms with van der Waals surface area (Å²) in [6.07, 6.45) is 2.52. The van der Waals surface area contributed by atoms with Crippen LogP contribution in [0.4, 0.5) is 0 Å². The third kappa shape index (κ3) is 3.09. The lowest BCUT2D eigenvalue weighted by molar-refractivity contribution is -0.148. The lowest BCUT2D eigenvalue weighted by atomic mass is 10.1. The third-order valence-corrected chi connectivity index (χ3v) is 2.90. The maximum Gasteiger partial charge on any atom is 0.326 e. The van der Waals surface area contributed by atoms with Crippen molar-refractivity contribution in [3.8, 4) is 0 Å². The predicted molar refractivity (Wildman–Crippen MR) is 56.9 cm³/mol. The van der Waals surface area contributed by atoms with Gasteiger partial charge in [-0.3, -0.25) is 4.79 Å². The summed E-state index contributed by atoms with van der Waals surface area (Å²) < 4.78 is 0. The van der Waals surface area contributed by atoms with E-state index in [4.69, 9.17) is 16.7 Å². The van der Waals surface area contributed by atoms with Gasteiger partial charge in [-0.1, -0.05) is 19.8 Å². The van der Waals surface area contributed by atoms with E-state index in [-0.39, 0.29) is 17.7 Å². The number of carboxylic acids is 1. The topological polar surface area (TPSA) is 57.6 Å². The molecular formula is C10H16ClNO3. The first-order chi connectivity index (χ1) is 7.06. The fraction of sp³-hybridized carbons (Fsp3) is 0.800. The molecule has 0 aliphatic carbocycles. The molecule has 5 heteroatoms. The molecule has 15 heavy (non-hydrogen) atoms. The summed E-state index contributed by atoms with van der Waals surface area (Å²) in [6, 6.07) is -0.693. The molecule has 0 spiro atoms. The molecule has 1 rings (SSSR count). The summed E-state index contributed by atoms with van der Waals surface area (Å²) in [6.45, 7) is 2.36. The number of unbranched alkanes of at least 4 members (excludes halogenated alkanes) is 1. The highest BCUT2D eigenvalue weighted by molar-refractivity contribution is 6.22. The van der Waals surface area contributed by atoms with Gasteiger partial charge in [-0.15, -0.1) is 11.6 Å². The number of carbonyl (C=O) groups is 2. The van der Waals surface area contributed by atoms with Crippen molar-refractivity contribution < 1.29 is 14.7 Å². The third-order valence-electron chi connectivity index (χ3n) is 2.60. The molecule has 4 nitrogen and oxygen atoms in total. The number of amides is 1. The molecule has 0 aromatic carbocycles. The van der Waals surface area contributed by atoms with E-state index in [0.717, 1.165) is 12.8 Å². The highest BCUT2D eigenvalue weighted by Crippen LogP contribution is 2.21. The van der Waals surface area contributed by atoms with Crippen LogP contribution in [0.1, 0.15) is 32.6 Å². The van der Waals surface area contributed by atoms with Crippen molar-refractivity contribution >= 4 is 23.5 Å². The van der Waals surface area contributed by atoms with Gasteiger partial charge in [-0.05, 0) is 6.42 Å². The second kappa shape index (κ2) is 5.35. The predicted octanol–water partition coefficient (Wildman–Crippen LogP) is 1.47. The number of aliphatic carboxylic acids is 1. The monoisotopic (exact) mass is 233 g/mol. The number of hydrogen-bond donors (Lipinski definition) is 1. The Morgan fingerprint density at radius 2 is 2.40 bits per heavy atom. The molecule has 1 fully saturated rings. The number of alkyl halides is 1. The molecule has 86 valence electrons. The molecule has 1 amide bonds. The fourth-order valence-corrected chi connectivity index (χ4v) is 2.08. The first kappa shape index (κ1) is 12.3. The smallest absolute Gasteiger partial charge is 0.326 e. The molecule has 0 bridgehead atoms. The van der Waals surface area contributed by atoms with E-state index in [1.165, 1.54) is 4.90 Å². The summed E-state index contributed by atoms with van der Waals surface area (Å²) in [5.74, 6) is -1.07. The van der Waals surface area contributed by atoms with Crippen molar-refractivity contribution in [3.63, 3.8) is 0 Å². The van der Waals surface area contributed by atoms with Crippen LogP contribution in [0.25, 0.3) is 0 Å². The van der Waals surface area contributed by atoms with Crippen molar-refractivity contribution in [1.29, 1.82) is 0 Å². The molecular weight excluding hydrogens is 218 g/mol. The molecule has 2 atom stereocenters. The normalized spacial score (nSPS) is 23.2. The van der Waals surface area contributed by atoms with E-state index < -0.39 is 12.0 Å². The lowest BCUT2D eigenvalue weighted by Crippen LogP contribution is -2.42. The van der Waals surface area contributed by atoms with Crippen LogP contribution in [0.3, 0.4) is 0 Å². The summed E-state index contributed by atoms with van der Waals surface area (Å²) in [7, 11) is 0. The Morgan fingerprint density at radius 1 is 1.73 bits per heavy atom. The van der Waals surface area contributed by atoms with Crippen molar-refractivity contribution in [2.24, 2.45) is 0 Å². The number of rotatable bonds is 5. The molecule has 1 heterocycles. The van der Waals surface area contributed by atoms with E-state index in [2.05, 4.69) is 0 Å². The highest BCUT2D eigenvalue weighted by Gasteiger charge is 2.36. The first-order valence-corrected chi connectivity index (χ1v) is 5.66. The van der Waals surface area contributed by atoms with Crippen LogP contribution in [0.2, 0.25) is 0 Å². The molecule has 0 aromatic heterocycles. The van der Waals surface area contributed by atoms with Crippen LogP contribution in [-0.4, -0.2) is 39.8 Å². The zero-order chi connectivity index (χ0) is 11.4. The molecule has 1 aliphatic rings. The maximum atomic E-state index is 11.5. The molecule has 1 N–H and O–H groups in total. The number of hydrogen-bond acceptors (Lipinski definition) is 2. The Hall–Kier alpha value is -0.770. The summed E-state index contributed by atoms with van der Waals surface area (Å²) in [5.41, 5.74) is 0. The Morgan fingerprint density at radius 3 is 2.80 bits per heavy atom.